The molecule has 2 N–H and O–H groups in total. The molecule has 0 radical (unpaired) electrons. The highest BCUT2D eigenvalue weighted by atomic mass is 32.2. The first-order valence-electron chi connectivity index (χ1n) is 12.7. The van der Waals surface area contributed by atoms with Crippen molar-refractivity contribution in [1.82, 2.24) is 0 Å². The molecule has 0 amide bonds. The van der Waals surface area contributed by atoms with Crippen LogP contribution in [0.2, 0.25) is 0 Å². The molecule has 1 fully saturated rings. The van der Waals surface area contributed by atoms with Gasteiger partial charge in [0.25, 0.3) is 20.2 Å². The van der Waals surface area contributed by atoms with Crippen LogP contribution in [-0.2, 0) is 40.5 Å². The van der Waals surface area contributed by atoms with Gasteiger partial charge >= 0.3 is 0 Å². The zero-order valence-corrected chi connectivity index (χ0v) is 24.9. The summed E-state index contributed by atoms with van der Waals surface area (Å²) >= 11 is 0. The molecule has 0 aromatic rings. The van der Waals surface area contributed by atoms with Crippen molar-refractivity contribution in [2.45, 2.75) is 51.4 Å². The molecule has 0 bridgehead atoms. The molecule has 228 valence electrons. The summed E-state index contributed by atoms with van der Waals surface area (Å²) in [6.45, 7) is 4.94. The van der Waals surface area contributed by atoms with E-state index in [1.807, 2.05) is 0 Å². The van der Waals surface area contributed by atoms with E-state index in [1.54, 1.807) is 0 Å². The van der Waals surface area contributed by atoms with Crippen LogP contribution in [0.25, 0.3) is 0 Å². The number of hydrogen-bond acceptors (Lipinski definition) is 10. The zero-order chi connectivity index (χ0) is 29.1. The fraction of sp³-hybridized carbons (Fsp3) is 1.00. The van der Waals surface area contributed by atoms with E-state index in [1.165, 1.54) is 0 Å². The first-order chi connectivity index (χ1) is 17.2. The second-order valence-corrected chi connectivity index (χ2v) is 16.6. The van der Waals surface area contributed by atoms with Gasteiger partial charge in [-0.15, -0.1) is 0 Å². The SMILES string of the molecule is O=S(=O)([O-])CCCC[N+]1(CCCCS(=O)(=O)[O-])CC[N+](CCCCS(=O)(=O)O)(CCCCS(=O)(=O)O)CC1. The molecule has 18 heteroatoms. The molecule has 1 aliphatic heterocycles. The van der Waals surface area contributed by atoms with Crippen molar-refractivity contribution >= 4 is 40.5 Å². The third kappa shape index (κ3) is 17.3. The molecule has 0 aromatic carbocycles. The lowest BCUT2D eigenvalue weighted by Gasteiger charge is -2.50. The summed E-state index contributed by atoms with van der Waals surface area (Å²) in [5.74, 6) is -1.66. The molecule has 38 heavy (non-hydrogen) atoms. The van der Waals surface area contributed by atoms with Gasteiger partial charge in [0.05, 0.1) is 57.9 Å². The Kier molecular flexibility index (Phi) is 14.0. The molecule has 14 nitrogen and oxygen atoms in total. The monoisotopic (exact) mass is 630 g/mol. The number of unbranched alkanes of at least 4 members (excludes halogenated alkanes) is 4. The molecule has 1 rings (SSSR count). The van der Waals surface area contributed by atoms with Crippen LogP contribution >= 0.6 is 0 Å². The molecule has 0 spiro atoms. The van der Waals surface area contributed by atoms with Crippen LogP contribution in [0.4, 0.5) is 0 Å². The van der Waals surface area contributed by atoms with Crippen LogP contribution in [-0.4, -0.2) is 136 Å². The summed E-state index contributed by atoms with van der Waals surface area (Å²) in [6.07, 6.45) is 2.90. The molecule has 1 aliphatic rings. The Morgan fingerprint density at radius 3 is 0.895 bits per heavy atom. The van der Waals surface area contributed by atoms with Gasteiger partial charge in [0, 0.05) is 11.5 Å². The van der Waals surface area contributed by atoms with Crippen molar-refractivity contribution in [3.63, 3.8) is 0 Å². The van der Waals surface area contributed by atoms with Gasteiger partial charge in [-0.05, 0) is 51.4 Å². The zero-order valence-electron chi connectivity index (χ0n) is 21.6. The van der Waals surface area contributed by atoms with Crippen LogP contribution in [0.3, 0.4) is 0 Å². The third-order valence-corrected chi connectivity index (χ3v) is 10.4. The normalized spacial score (nSPS) is 18.4. The van der Waals surface area contributed by atoms with E-state index in [0.717, 1.165) is 0 Å². The van der Waals surface area contributed by atoms with Crippen LogP contribution in [0.5, 0.6) is 0 Å². The van der Waals surface area contributed by atoms with Gasteiger partial charge in [-0.1, -0.05) is 0 Å². The molecule has 1 heterocycles. The minimum atomic E-state index is -4.33. The quantitative estimate of drug-likeness (QED) is 0.0998. The van der Waals surface area contributed by atoms with Gasteiger partial charge in [0.2, 0.25) is 0 Å². The van der Waals surface area contributed by atoms with Crippen molar-refractivity contribution in [1.29, 1.82) is 0 Å². The Labute approximate surface area is 227 Å². The highest BCUT2D eigenvalue weighted by Gasteiger charge is 2.41. The molecule has 0 aromatic heterocycles. The summed E-state index contributed by atoms with van der Waals surface area (Å²) in [7, 11) is -16.8. The van der Waals surface area contributed by atoms with E-state index in [4.69, 9.17) is 9.11 Å². The number of rotatable bonds is 20. The van der Waals surface area contributed by atoms with Crippen LogP contribution < -0.4 is 0 Å². The van der Waals surface area contributed by atoms with Gasteiger partial charge in [0.15, 0.2) is 0 Å². The number of nitrogens with zero attached hydrogens (tertiary/aromatic N) is 2. The van der Waals surface area contributed by atoms with E-state index < -0.39 is 52.0 Å². The van der Waals surface area contributed by atoms with E-state index in [0.29, 0.717) is 87.0 Å². The van der Waals surface area contributed by atoms with Crippen LogP contribution in [0.15, 0.2) is 0 Å². The van der Waals surface area contributed by atoms with Crippen molar-refractivity contribution in [3.05, 3.63) is 0 Å². The highest BCUT2D eigenvalue weighted by molar-refractivity contribution is 7.86. The Bertz CT molecular complexity index is 968. The van der Waals surface area contributed by atoms with Gasteiger partial charge in [-0.3, -0.25) is 9.11 Å². The maximum Gasteiger partial charge on any atom is 0.264 e. The Balaban J connectivity index is 2.90. The van der Waals surface area contributed by atoms with Crippen LogP contribution in [0.1, 0.15) is 51.4 Å². The molecule has 0 unspecified atom stereocenters. The maximum atomic E-state index is 11.1. The summed E-state index contributed by atoms with van der Waals surface area (Å²) < 4.78 is 129. The molecule has 0 atom stereocenters. The Hall–Kier alpha value is -0.440. The van der Waals surface area contributed by atoms with E-state index in [2.05, 4.69) is 0 Å². The second-order valence-electron chi connectivity index (χ2n) is 10.4. The minimum Gasteiger partial charge on any atom is -0.748 e. The van der Waals surface area contributed by atoms with E-state index >= 15 is 0 Å². The van der Waals surface area contributed by atoms with Crippen molar-refractivity contribution < 1.29 is 60.8 Å². The molecular formula is C20H42N2O12S4. The topological polar surface area (TPSA) is 223 Å². The fourth-order valence-corrected chi connectivity index (χ4v) is 7.36. The Morgan fingerprint density at radius 2 is 0.684 bits per heavy atom. The lowest BCUT2D eigenvalue weighted by molar-refractivity contribution is -1.03. The van der Waals surface area contributed by atoms with Crippen molar-refractivity contribution in [3.8, 4) is 0 Å². The first kappa shape index (κ1) is 35.6. The fourth-order valence-electron chi connectivity index (χ4n) is 5.11. The lowest BCUT2D eigenvalue weighted by atomic mass is 10.1. The molecule has 0 saturated carbocycles. The van der Waals surface area contributed by atoms with Gasteiger partial charge in [0.1, 0.15) is 26.2 Å². The largest absolute Gasteiger partial charge is 0.748 e. The maximum absolute atomic E-state index is 11.1. The van der Waals surface area contributed by atoms with Crippen molar-refractivity contribution in [2.75, 3.05) is 75.4 Å². The Morgan fingerprint density at radius 1 is 0.447 bits per heavy atom. The summed E-state index contributed by atoms with van der Waals surface area (Å²) in [5.41, 5.74) is 0. The second kappa shape index (κ2) is 15.0. The number of piperazine rings is 1. The van der Waals surface area contributed by atoms with Gasteiger partial charge < -0.3 is 18.1 Å². The molecule has 0 aliphatic carbocycles. The van der Waals surface area contributed by atoms with Gasteiger partial charge in [-0.2, -0.15) is 16.8 Å². The average molecular weight is 631 g/mol. The summed E-state index contributed by atoms with van der Waals surface area (Å²) in [5, 5.41) is 0. The summed E-state index contributed by atoms with van der Waals surface area (Å²) in [4.78, 5) is 0. The predicted molar refractivity (Wildman–Crippen MR) is 138 cm³/mol. The number of quaternary nitrogens is 2. The summed E-state index contributed by atoms with van der Waals surface area (Å²) in [6, 6.07) is 0. The van der Waals surface area contributed by atoms with Crippen LogP contribution in [0, 0.1) is 0 Å². The predicted octanol–water partition coefficient (Wildman–Crippen LogP) is -0.380. The van der Waals surface area contributed by atoms with Gasteiger partial charge in [-0.25, -0.2) is 16.8 Å². The van der Waals surface area contributed by atoms with E-state index in [-0.39, 0.29) is 37.2 Å². The molecule has 1 saturated heterocycles. The van der Waals surface area contributed by atoms with E-state index in [9.17, 15) is 42.8 Å². The lowest BCUT2D eigenvalue weighted by Crippen LogP contribution is -2.67. The number of hydrogen-bond donors (Lipinski definition) is 2. The first-order valence-corrected chi connectivity index (χ1v) is 19.1. The average Bonchev–Trinajstić information content (AvgIpc) is 2.74. The highest BCUT2D eigenvalue weighted by Crippen LogP contribution is 2.24. The van der Waals surface area contributed by atoms with Crippen molar-refractivity contribution in [2.24, 2.45) is 0 Å². The third-order valence-electron chi connectivity index (χ3n) is 7.22. The minimum absolute atomic E-state index is 0.200. The standard InChI is InChI=1S/C20H42N2O12S4/c23-35(24,25)17-5-1-9-21(10-2-6-18-36(26,27)28)13-15-22(16-14-21,11-3-7-19-37(29,30)31)12-4-8-20-38(32,33)34/h1-20H2,(H2-2,23,24,25,26,27,28,29,30,31,32,33,34). The molecular weight excluding hydrogens is 588 g/mol. The smallest absolute Gasteiger partial charge is 0.264 e.